The fourth-order valence-electron chi connectivity index (χ4n) is 2.49. The van der Waals surface area contributed by atoms with Crippen LogP contribution in [-0.2, 0) is 14.3 Å². The van der Waals surface area contributed by atoms with Gasteiger partial charge in [0.2, 0.25) is 0 Å². The maximum atomic E-state index is 10.9. The second-order valence-electron chi connectivity index (χ2n) is 5.34. The van der Waals surface area contributed by atoms with Crippen molar-refractivity contribution in [3.05, 3.63) is 11.6 Å². The van der Waals surface area contributed by atoms with Gasteiger partial charge in [-0.05, 0) is 30.8 Å². The lowest BCUT2D eigenvalue weighted by Gasteiger charge is -2.25. The smallest absolute Gasteiger partial charge is 0.306 e. The van der Waals surface area contributed by atoms with Gasteiger partial charge in [0.1, 0.15) is 6.79 Å². The molecule has 0 saturated heterocycles. The summed E-state index contributed by atoms with van der Waals surface area (Å²) in [6.07, 6.45) is 8.89. The minimum absolute atomic E-state index is 0.290. The molecule has 0 radical (unpaired) electrons. The molecule has 19 heavy (non-hydrogen) atoms. The second-order valence-corrected chi connectivity index (χ2v) is 5.34. The topological polar surface area (TPSA) is 55.8 Å². The molecule has 0 aromatic heterocycles. The Hall–Kier alpha value is -0.870. The Kier molecular flexibility index (Phi) is 7.75. The lowest BCUT2D eigenvalue weighted by atomic mass is 9.83. The third-order valence-corrected chi connectivity index (χ3v) is 3.75. The van der Waals surface area contributed by atoms with E-state index < -0.39 is 5.97 Å². The molecule has 1 aliphatic carbocycles. The van der Waals surface area contributed by atoms with Crippen LogP contribution in [0.25, 0.3) is 0 Å². The minimum atomic E-state index is -0.739. The van der Waals surface area contributed by atoms with Gasteiger partial charge < -0.3 is 14.6 Å². The zero-order chi connectivity index (χ0) is 14.1. The summed E-state index contributed by atoms with van der Waals surface area (Å²) in [5.41, 5.74) is 1.25. The summed E-state index contributed by atoms with van der Waals surface area (Å²) in [6, 6.07) is 0. The Balaban J connectivity index is 2.56. The molecule has 1 saturated carbocycles. The van der Waals surface area contributed by atoms with E-state index in [-0.39, 0.29) is 5.92 Å². The lowest BCUT2D eigenvalue weighted by molar-refractivity contribution is -0.140. The minimum Gasteiger partial charge on any atom is -0.481 e. The number of rotatable bonds is 8. The van der Waals surface area contributed by atoms with Crippen LogP contribution in [0.5, 0.6) is 0 Å². The van der Waals surface area contributed by atoms with Crippen molar-refractivity contribution >= 4 is 5.97 Å². The third-order valence-electron chi connectivity index (χ3n) is 3.75. The Morgan fingerprint density at radius 1 is 1.37 bits per heavy atom. The molecule has 0 spiro atoms. The fourth-order valence-corrected chi connectivity index (χ4v) is 2.49. The van der Waals surface area contributed by atoms with E-state index in [0.29, 0.717) is 25.7 Å². The maximum absolute atomic E-state index is 10.9. The summed E-state index contributed by atoms with van der Waals surface area (Å²) in [7, 11) is 1.61. The highest BCUT2D eigenvalue weighted by atomic mass is 16.7. The van der Waals surface area contributed by atoms with Gasteiger partial charge in [0.15, 0.2) is 0 Å². The molecule has 0 amide bonds. The fraction of sp³-hybridized carbons (Fsp3) is 0.800. The highest BCUT2D eigenvalue weighted by molar-refractivity contribution is 5.69. The van der Waals surface area contributed by atoms with Crippen LogP contribution in [0.2, 0.25) is 0 Å². The molecule has 0 aromatic carbocycles. The zero-order valence-corrected chi connectivity index (χ0v) is 12.1. The van der Waals surface area contributed by atoms with Crippen molar-refractivity contribution in [3.8, 4) is 0 Å². The molecule has 0 bridgehead atoms. The molecule has 0 heterocycles. The predicted octanol–water partition coefficient (Wildman–Crippen LogP) is 3.22. The molecule has 1 N–H and O–H groups in total. The Labute approximate surface area is 115 Å². The van der Waals surface area contributed by atoms with E-state index in [1.165, 1.54) is 37.7 Å². The number of methoxy groups -OCH3 is 1. The first-order valence-electron chi connectivity index (χ1n) is 7.13. The summed E-state index contributed by atoms with van der Waals surface area (Å²) in [5, 5.41) is 8.94. The van der Waals surface area contributed by atoms with E-state index in [1.54, 1.807) is 14.0 Å². The van der Waals surface area contributed by atoms with E-state index >= 15 is 0 Å². The Bertz CT molecular complexity index is 293. The van der Waals surface area contributed by atoms with Gasteiger partial charge in [-0.1, -0.05) is 32.3 Å². The SMILES string of the molecule is COCOC/C(=C\CC(C)C(=O)O)C1CCCCC1. The summed E-state index contributed by atoms with van der Waals surface area (Å²) in [4.78, 5) is 10.9. The van der Waals surface area contributed by atoms with E-state index in [1.807, 2.05) is 0 Å². The molecule has 4 heteroatoms. The molecule has 1 unspecified atom stereocenters. The summed E-state index contributed by atoms with van der Waals surface area (Å²) < 4.78 is 10.4. The molecule has 1 atom stereocenters. The van der Waals surface area contributed by atoms with Gasteiger partial charge in [-0.2, -0.15) is 0 Å². The third kappa shape index (κ3) is 6.21. The summed E-state index contributed by atoms with van der Waals surface area (Å²) in [5.74, 6) is -0.510. The molecule has 4 nitrogen and oxygen atoms in total. The first-order chi connectivity index (χ1) is 9.15. The number of carboxylic acid groups (broad SMARTS) is 1. The van der Waals surface area contributed by atoms with Gasteiger partial charge in [0.25, 0.3) is 0 Å². The number of hydrogen-bond acceptors (Lipinski definition) is 3. The quantitative estimate of drug-likeness (QED) is 0.418. The van der Waals surface area contributed by atoms with Crippen molar-refractivity contribution in [3.63, 3.8) is 0 Å². The van der Waals surface area contributed by atoms with Crippen molar-refractivity contribution in [1.82, 2.24) is 0 Å². The molecular weight excluding hydrogens is 244 g/mol. The Morgan fingerprint density at radius 3 is 2.63 bits per heavy atom. The molecule has 0 aliphatic heterocycles. The maximum Gasteiger partial charge on any atom is 0.306 e. The molecular formula is C15H26O4. The van der Waals surface area contributed by atoms with Crippen molar-refractivity contribution in [1.29, 1.82) is 0 Å². The van der Waals surface area contributed by atoms with Crippen molar-refractivity contribution < 1.29 is 19.4 Å². The number of carboxylic acids is 1. The largest absolute Gasteiger partial charge is 0.481 e. The summed E-state index contributed by atoms with van der Waals surface area (Å²) in [6.45, 7) is 2.59. The summed E-state index contributed by atoms with van der Waals surface area (Å²) >= 11 is 0. The van der Waals surface area contributed by atoms with Gasteiger partial charge in [-0.25, -0.2) is 0 Å². The number of aliphatic carboxylic acids is 1. The van der Waals surface area contributed by atoms with Crippen LogP contribution < -0.4 is 0 Å². The number of allylic oxidation sites excluding steroid dienone is 1. The van der Waals surface area contributed by atoms with Crippen LogP contribution in [0.1, 0.15) is 45.4 Å². The Morgan fingerprint density at radius 2 is 2.05 bits per heavy atom. The van der Waals surface area contributed by atoms with E-state index in [9.17, 15) is 4.79 Å². The number of ether oxygens (including phenoxy) is 2. The van der Waals surface area contributed by atoms with E-state index in [2.05, 4.69) is 6.08 Å². The van der Waals surface area contributed by atoms with Crippen LogP contribution in [-0.4, -0.2) is 31.6 Å². The van der Waals surface area contributed by atoms with Crippen molar-refractivity contribution in [2.24, 2.45) is 11.8 Å². The van der Waals surface area contributed by atoms with E-state index in [0.717, 1.165) is 0 Å². The second kappa shape index (κ2) is 9.10. The molecule has 1 aliphatic rings. The lowest BCUT2D eigenvalue weighted by Crippen LogP contribution is -2.15. The molecule has 110 valence electrons. The number of carbonyl (C=O) groups is 1. The first kappa shape index (κ1) is 16.2. The predicted molar refractivity (Wildman–Crippen MR) is 73.9 cm³/mol. The van der Waals surface area contributed by atoms with Crippen LogP contribution in [0.15, 0.2) is 11.6 Å². The monoisotopic (exact) mass is 270 g/mol. The molecule has 1 rings (SSSR count). The van der Waals surface area contributed by atoms with Crippen molar-refractivity contribution in [2.45, 2.75) is 45.4 Å². The van der Waals surface area contributed by atoms with E-state index in [4.69, 9.17) is 14.6 Å². The standard InChI is InChI=1S/C15H26O4/c1-12(15(16)17)8-9-14(10-19-11-18-2)13-6-4-3-5-7-13/h9,12-13H,3-8,10-11H2,1-2H3,(H,16,17)/b14-9+. The van der Waals surface area contributed by atoms with Crippen LogP contribution in [0.3, 0.4) is 0 Å². The van der Waals surface area contributed by atoms with Crippen LogP contribution in [0.4, 0.5) is 0 Å². The van der Waals surface area contributed by atoms with Crippen LogP contribution >= 0.6 is 0 Å². The molecule has 0 aromatic rings. The normalized spacial score (nSPS) is 19.4. The van der Waals surface area contributed by atoms with Gasteiger partial charge in [0.05, 0.1) is 12.5 Å². The van der Waals surface area contributed by atoms with Gasteiger partial charge in [-0.3, -0.25) is 4.79 Å². The van der Waals surface area contributed by atoms with Gasteiger partial charge >= 0.3 is 5.97 Å². The van der Waals surface area contributed by atoms with Gasteiger partial charge in [-0.15, -0.1) is 0 Å². The average molecular weight is 270 g/mol. The van der Waals surface area contributed by atoms with Crippen molar-refractivity contribution in [2.75, 3.05) is 20.5 Å². The molecule has 1 fully saturated rings. The van der Waals surface area contributed by atoms with Gasteiger partial charge in [0, 0.05) is 7.11 Å². The highest BCUT2D eigenvalue weighted by Crippen LogP contribution is 2.30. The first-order valence-corrected chi connectivity index (χ1v) is 7.13. The highest BCUT2D eigenvalue weighted by Gasteiger charge is 2.18. The van der Waals surface area contributed by atoms with Crippen LogP contribution in [0, 0.1) is 11.8 Å². The zero-order valence-electron chi connectivity index (χ0n) is 12.1. The average Bonchev–Trinajstić information content (AvgIpc) is 2.43. The number of hydrogen-bond donors (Lipinski definition) is 1.